The maximum atomic E-state index is 12.5. The van der Waals surface area contributed by atoms with Gasteiger partial charge in [-0.15, -0.1) is 13.2 Å². The Labute approximate surface area is 205 Å². The van der Waals surface area contributed by atoms with Gasteiger partial charge in [0, 0.05) is 18.5 Å². The quantitative estimate of drug-likeness (QED) is 0.234. The molecule has 0 atom stereocenters. The van der Waals surface area contributed by atoms with Gasteiger partial charge >= 0.3 is 12.3 Å². The molecule has 9 heteroatoms. The number of aliphatic carboxylic acids is 1. The first-order valence-corrected chi connectivity index (χ1v) is 11.5. The number of alkyl halides is 3. The first-order chi connectivity index (χ1) is 17.3. The topological polar surface area (TPSA) is 73.6 Å². The molecule has 4 aromatic rings. The van der Waals surface area contributed by atoms with E-state index in [1.165, 1.54) is 12.1 Å². The number of fused-ring (bicyclic) bond motifs is 1. The second kappa shape index (κ2) is 11.2. The van der Waals surface area contributed by atoms with Crippen LogP contribution in [0.25, 0.3) is 22.4 Å². The van der Waals surface area contributed by atoms with Gasteiger partial charge in [0.1, 0.15) is 17.3 Å². The number of ether oxygens (including phenoxy) is 2. The summed E-state index contributed by atoms with van der Waals surface area (Å²) in [4.78, 5) is 15.3. The van der Waals surface area contributed by atoms with E-state index >= 15 is 0 Å². The monoisotopic (exact) mass is 498 g/mol. The Morgan fingerprint density at radius 1 is 0.889 bits per heavy atom. The molecule has 3 aromatic carbocycles. The Morgan fingerprint density at radius 3 is 2.28 bits per heavy atom. The van der Waals surface area contributed by atoms with E-state index in [1.807, 2.05) is 53.1 Å². The number of carbonyl (C=O) groups is 1. The number of carboxylic acid groups (broad SMARTS) is 1. The fourth-order valence-corrected chi connectivity index (χ4v) is 3.88. The van der Waals surface area contributed by atoms with Crippen molar-refractivity contribution in [1.82, 2.24) is 9.55 Å². The smallest absolute Gasteiger partial charge is 0.494 e. The van der Waals surface area contributed by atoms with Crippen molar-refractivity contribution in [3.63, 3.8) is 0 Å². The van der Waals surface area contributed by atoms with E-state index in [9.17, 15) is 18.0 Å². The predicted molar refractivity (Wildman–Crippen MR) is 129 cm³/mol. The fraction of sp³-hybridized carbons (Fsp3) is 0.259. The molecule has 4 rings (SSSR count). The van der Waals surface area contributed by atoms with Gasteiger partial charge in [0.05, 0.1) is 17.6 Å². The summed E-state index contributed by atoms with van der Waals surface area (Å²) in [5.74, 6) is 0.295. The molecule has 0 bridgehead atoms. The first-order valence-electron chi connectivity index (χ1n) is 11.5. The number of aromatic nitrogens is 2. The number of halogens is 3. The Bertz CT molecular complexity index is 1300. The molecule has 0 unspecified atom stereocenters. The summed E-state index contributed by atoms with van der Waals surface area (Å²) in [6.45, 7) is 1.02. The predicted octanol–water partition coefficient (Wildman–Crippen LogP) is 6.67. The van der Waals surface area contributed by atoms with Crippen LogP contribution in [0.3, 0.4) is 0 Å². The summed E-state index contributed by atoms with van der Waals surface area (Å²) in [6.07, 6.45) is -2.36. The van der Waals surface area contributed by atoms with Gasteiger partial charge in [-0.25, -0.2) is 4.98 Å². The number of benzene rings is 3. The van der Waals surface area contributed by atoms with E-state index in [2.05, 4.69) is 4.74 Å². The van der Waals surface area contributed by atoms with Gasteiger partial charge in [-0.05, 0) is 73.4 Å². The molecule has 1 heterocycles. The molecular weight excluding hydrogens is 473 g/mol. The third kappa shape index (κ3) is 6.78. The van der Waals surface area contributed by atoms with Crippen LogP contribution in [0.4, 0.5) is 13.2 Å². The highest BCUT2D eigenvalue weighted by atomic mass is 19.4. The van der Waals surface area contributed by atoms with Crippen LogP contribution in [0, 0.1) is 0 Å². The minimum absolute atomic E-state index is 0.172. The van der Waals surface area contributed by atoms with Crippen LogP contribution in [-0.4, -0.2) is 33.6 Å². The third-order valence-corrected chi connectivity index (χ3v) is 5.57. The van der Waals surface area contributed by atoms with Crippen LogP contribution in [-0.2, 0) is 11.3 Å². The van der Waals surface area contributed by atoms with Crippen molar-refractivity contribution >= 4 is 17.0 Å². The SMILES string of the molecule is O=C(O)CCCCCOc1ccc(Cn2c(-c3ccc(OC(F)(F)F)cc3)nc3ccccc32)cc1. The number of nitrogens with zero attached hydrogens (tertiary/aromatic N) is 2. The number of hydrogen-bond donors (Lipinski definition) is 1. The fourth-order valence-electron chi connectivity index (χ4n) is 3.88. The van der Waals surface area contributed by atoms with Crippen molar-refractivity contribution in [2.75, 3.05) is 6.61 Å². The number of para-hydroxylation sites is 2. The number of carboxylic acids is 1. The van der Waals surface area contributed by atoms with E-state index in [0.29, 0.717) is 31.0 Å². The molecule has 0 saturated carbocycles. The zero-order chi connectivity index (χ0) is 25.5. The van der Waals surface area contributed by atoms with E-state index in [0.717, 1.165) is 35.2 Å². The second-order valence-electron chi connectivity index (χ2n) is 8.28. The molecule has 0 aliphatic carbocycles. The Hall–Kier alpha value is -4.01. The summed E-state index contributed by atoms with van der Waals surface area (Å²) in [5, 5.41) is 8.67. The van der Waals surface area contributed by atoms with Crippen molar-refractivity contribution < 1.29 is 32.5 Å². The van der Waals surface area contributed by atoms with Gasteiger partial charge < -0.3 is 19.1 Å². The molecule has 0 radical (unpaired) electrons. The van der Waals surface area contributed by atoms with Gasteiger partial charge in [-0.1, -0.05) is 24.3 Å². The van der Waals surface area contributed by atoms with E-state index in [1.54, 1.807) is 12.1 Å². The Balaban J connectivity index is 1.47. The molecule has 1 N–H and O–H groups in total. The molecule has 6 nitrogen and oxygen atoms in total. The summed E-state index contributed by atoms with van der Waals surface area (Å²) in [7, 11) is 0. The van der Waals surface area contributed by atoms with E-state index in [4.69, 9.17) is 14.8 Å². The maximum Gasteiger partial charge on any atom is 0.573 e. The highest BCUT2D eigenvalue weighted by molar-refractivity contribution is 5.80. The van der Waals surface area contributed by atoms with Gasteiger partial charge in [0.2, 0.25) is 0 Å². The highest BCUT2D eigenvalue weighted by Crippen LogP contribution is 2.29. The Kier molecular flexibility index (Phi) is 7.77. The van der Waals surface area contributed by atoms with Crippen molar-refractivity contribution in [2.24, 2.45) is 0 Å². The van der Waals surface area contributed by atoms with Crippen LogP contribution in [0.15, 0.2) is 72.8 Å². The summed E-state index contributed by atoms with van der Waals surface area (Å²) >= 11 is 0. The zero-order valence-electron chi connectivity index (χ0n) is 19.4. The minimum Gasteiger partial charge on any atom is -0.494 e. The van der Waals surface area contributed by atoms with Gasteiger partial charge in [0.15, 0.2) is 0 Å². The van der Waals surface area contributed by atoms with Crippen molar-refractivity contribution in [3.05, 3.63) is 78.4 Å². The molecule has 0 amide bonds. The summed E-state index contributed by atoms with van der Waals surface area (Å²) in [5.41, 5.74) is 3.37. The second-order valence-corrected chi connectivity index (χ2v) is 8.28. The normalized spacial score (nSPS) is 11.5. The zero-order valence-corrected chi connectivity index (χ0v) is 19.4. The van der Waals surface area contributed by atoms with Crippen LogP contribution < -0.4 is 9.47 Å². The van der Waals surface area contributed by atoms with Gasteiger partial charge in [-0.2, -0.15) is 0 Å². The summed E-state index contributed by atoms with van der Waals surface area (Å²) < 4.78 is 49.3. The number of hydrogen-bond acceptors (Lipinski definition) is 4. The summed E-state index contributed by atoms with van der Waals surface area (Å²) in [6, 6.07) is 21.0. The van der Waals surface area contributed by atoms with Gasteiger partial charge in [-0.3, -0.25) is 4.79 Å². The van der Waals surface area contributed by atoms with E-state index < -0.39 is 12.3 Å². The molecule has 0 aliphatic rings. The molecule has 0 aliphatic heterocycles. The average Bonchev–Trinajstić information content (AvgIpc) is 3.20. The average molecular weight is 499 g/mol. The lowest BCUT2D eigenvalue weighted by atomic mass is 10.1. The molecule has 0 saturated heterocycles. The standard InChI is InChI=1S/C27H25F3N2O4/c28-27(29,30)36-22-15-11-20(12-16-22)26-31-23-6-3-4-7-24(23)32(26)18-19-9-13-21(14-10-19)35-17-5-1-2-8-25(33)34/h3-4,6-7,9-16H,1-2,5,8,17-18H2,(H,33,34). The third-order valence-electron chi connectivity index (χ3n) is 5.57. The maximum absolute atomic E-state index is 12.5. The lowest BCUT2D eigenvalue weighted by molar-refractivity contribution is -0.274. The molecular formula is C27H25F3N2O4. The van der Waals surface area contributed by atoms with Crippen LogP contribution in [0.1, 0.15) is 31.2 Å². The molecule has 36 heavy (non-hydrogen) atoms. The van der Waals surface area contributed by atoms with Crippen LogP contribution >= 0.6 is 0 Å². The van der Waals surface area contributed by atoms with Crippen molar-refractivity contribution in [3.8, 4) is 22.9 Å². The molecule has 0 fully saturated rings. The lowest BCUT2D eigenvalue weighted by Crippen LogP contribution is -2.16. The van der Waals surface area contributed by atoms with Crippen molar-refractivity contribution in [2.45, 2.75) is 38.6 Å². The largest absolute Gasteiger partial charge is 0.573 e. The van der Waals surface area contributed by atoms with Gasteiger partial charge in [0.25, 0.3) is 0 Å². The number of imidazole rings is 1. The molecule has 188 valence electrons. The first kappa shape index (κ1) is 25.1. The molecule has 1 aromatic heterocycles. The van der Waals surface area contributed by atoms with Crippen LogP contribution in [0.2, 0.25) is 0 Å². The molecule has 0 spiro atoms. The highest BCUT2D eigenvalue weighted by Gasteiger charge is 2.31. The number of rotatable bonds is 11. The lowest BCUT2D eigenvalue weighted by Gasteiger charge is -2.12. The van der Waals surface area contributed by atoms with E-state index in [-0.39, 0.29) is 12.2 Å². The number of unbranched alkanes of at least 4 members (excludes halogenated alkanes) is 2. The van der Waals surface area contributed by atoms with Crippen molar-refractivity contribution in [1.29, 1.82) is 0 Å². The van der Waals surface area contributed by atoms with Crippen LogP contribution in [0.5, 0.6) is 11.5 Å². The minimum atomic E-state index is -4.75. The Morgan fingerprint density at radius 2 is 1.58 bits per heavy atom.